The van der Waals surface area contributed by atoms with Gasteiger partial charge in [0.25, 0.3) is 11.2 Å². The summed E-state index contributed by atoms with van der Waals surface area (Å²) in [4.78, 5) is 41.1. The molecule has 0 unspecified atom stereocenters. The third-order valence-electron chi connectivity index (χ3n) is 5.59. The fourth-order valence-corrected chi connectivity index (χ4v) is 4.09. The first kappa shape index (κ1) is 24.7. The van der Waals surface area contributed by atoms with Crippen LogP contribution >= 0.6 is 15.9 Å². The van der Waals surface area contributed by atoms with Gasteiger partial charge in [0.1, 0.15) is 5.75 Å². The zero-order valence-corrected chi connectivity index (χ0v) is 21.1. The van der Waals surface area contributed by atoms with E-state index in [1.807, 2.05) is 36.4 Å². The number of benzene rings is 4. The largest absolute Gasteiger partial charge is 0.422 e. The number of carbonyl (C=O) groups excluding carboxylic acids is 1. The van der Waals surface area contributed by atoms with Gasteiger partial charge in [-0.2, -0.15) is 9.78 Å². The Morgan fingerprint density at radius 2 is 1.68 bits per heavy atom. The quantitative estimate of drug-likeness (QED) is 0.0835. The van der Waals surface area contributed by atoms with E-state index in [9.17, 15) is 19.7 Å². The Bertz CT molecular complexity index is 1770. The van der Waals surface area contributed by atoms with Crippen LogP contribution in [0.1, 0.15) is 15.9 Å². The first-order valence-electron chi connectivity index (χ1n) is 11.3. The van der Waals surface area contributed by atoms with Crippen LogP contribution in [0.4, 0.5) is 5.69 Å². The molecule has 0 amide bonds. The molecule has 0 atom stereocenters. The van der Waals surface area contributed by atoms with Gasteiger partial charge in [-0.3, -0.25) is 14.9 Å². The van der Waals surface area contributed by atoms with Crippen molar-refractivity contribution >= 4 is 44.7 Å². The molecule has 10 heteroatoms. The van der Waals surface area contributed by atoms with E-state index in [0.29, 0.717) is 32.3 Å². The molecule has 0 spiro atoms. The molecule has 0 aliphatic heterocycles. The molecule has 9 nitrogen and oxygen atoms in total. The summed E-state index contributed by atoms with van der Waals surface area (Å²) in [6, 6.07) is 26.3. The lowest BCUT2D eigenvalue weighted by Crippen LogP contribution is -2.20. The molecule has 0 bridgehead atoms. The molecule has 5 aromatic rings. The third-order valence-corrected chi connectivity index (χ3v) is 6.08. The van der Waals surface area contributed by atoms with E-state index in [1.54, 1.807) is 36.4 Å². The third kappa shape index (κ3) is 5.11. The number of esters is 1. The van der Waals surface area contributed by atoms with Gasteiger partial charge in [-0.25, -0.2) is 9.78 Å². The van der Waals surface area contributed by atoms with E-state index >= 15 is 0 Å². The number of ether oxygens (including phenoxy) is 1. The van der Waals surface area contributed by atoms with Gasteiger partial charge in [-0.15, -0.1) is 0 Å². The second-order valence-corrected chi connectivity index (χ2v) is 8.97. The average Bonchev–Trinajstić information content (AvgIpc) is 2.94. The summed E-state index contributed by atoms with van der Waals surface area (Å²) in [5, 5.41) is 15.7. The second kappa shape index (κ2) is 10.6. The number of halogens is 1. The number of nitro benzene ring substituents is 1. The molecule has 5 rings (SSSR count). The first-order chi connectivity index (χ1) is 18.4. The highest BCUT2D eigenvalue weighted by atomic mass is 79.9. The van der Waals surface area contributed by atoms with Crippen LogP contribution in [0.3, 0.4) is 0 Å². The van der Waals surface area contributed by atoms with E-state index in [2.05, 4.69) is 26.0 Å². The number of non-ortho nitro benzene ring substituents is 1. The fourth-order valence-electron chi connectivity index (χ4n) is 3.72. The summed E-state index contributed by atoms with van der Waals surface area (Å²) < 4.78 is 7.47. The average molecular weight is 569 g/mol. The van der Waals surface area contributed by atoms with Crippen molar-refractivity contribution in [3.8, 4) is 17.1 Å². The van der Waals surface area contributed by atoms with E-state index < -0.39 is 10.9 Å². The molecule has 0 aliphatic rings. The monoisotopic (exact) mass is 568 g/mol. The van der Waals surface area contributed by atoms with Crippen LogP contribution < -0.4 is 10.3 Å². The Kier molecular flexibility index (Phi) is 6.88. The number of fused-ring (bicyclic) bond motifs is 1. The summed E-state index contributed by atoms with van der Waals surface area (Å²) >= 11 is 3.41. The smallest absolute Gasteiger partial charge is 0.343 e. The van der Waals surface area contributed by atoms with Crippen LogP contribution in [-0.4, -0.2) is 26.8 Å². The van der Waals surface area contributed by atoms with Crippen molar-refractivity contribution in [1.82, 2.24) is 9.66 Å². The van der Waals surface area contributed by atoms with Gasteiger partial charge >= 0.3 is 5.97 Å². The van der Waals surface area contributed by atoms with Crippen LogP contribution in [0.5, 0.6) is 5.75 Å². The van der Waals surface area contributed by atoms with Crippen LogP contribution in [-0.2, 0) is 0 Å². The lowest BCUT2D eigenvalue weighted by molar-refractivity contribution is -0.384. The molecule has 186 valence electrons. The molecular weight excluding hydrogens is 552 g/mol. The van der Waals surface area contributed by atoms with Crippen molar-refractivity contribution in [3.63, 3.8) is 0 Å². The van der Waals surface area contributed by atoms with Gasteiger partial charge in [0.2, 0.25) is 0 Å². The van der Waals surface area contributed by atoms with Crippen LogP contribution in [0.25, 0.3) is 22.3 Å². The Balaban J connectivity index is 1.54. The summed E-state index contributed by atoms with van der Waals surface area (Å²) in [6.07, 6.45) is 1.41. The predicted molar refractivity (Wildman–Crippen MR) is 147 cm³/mol. The topological polar surface area (TPSA) is 117 Å². The standard InChI is InChI=1S/C28H17BrN4O5/c29-21-12-15-25(38-28(35)19-10-13-22(14-11-19)33(36)37)20(16-21)17-30-32-26(18-6-2-1-3-7-18)31-24-9-5-4-8-23(24)27(32)34/h1-17H. The van der Waals surface area contributed by atoms with Crippen molar-refractivity contribution in [3.05, 3.63) is 133 Å². The minimum absolute atomic E-state index is 0.137. The number of rotatable bonds is 6. The van der Waals surface area contributed by atoms with Gasteiger partial charge in [-0.1, -0.05) is 58.4 Å². The van der Waals surface area contributed by atoms with Crippen LogP contribution in [0.15, 0.2) is 111 Å². The predicted octanol–water partition coefficient (Wildman–Crippen LogP) is 5.84. The van der Waals surface area contributed by atoms with Gasteiger partial charge in [0.15, 0.2) is 5.82 Å². The Morgan fingerprint density at radius 1 is 0.974 bits per heavy atom. The Morgan fingerprint density at radius 3 is 2.42 bits per heavy atom. The summed E-state index contributed by atoms with van der Waals surface area (Å²) in [5.74, 6) is -0.167. The van der Waals surface area contributed by atoms with E-state index in [4.69, 9.17) is 4.74 Å². The van der Waals surface area contributed by atoms with Crippen molar-refractivity contribution < 1.29 is 14.5 Å². The molecule has 38 heavy (non-hydrogen) atoms. The van der Waals surface area contributed by atoms with E-state index in [0.717, 1.165) is 0 Å². The van der Waals surface area contributed by atoms with Gasteiger partial charge in [-0.05, 0) is 42.5 Å². The Hall–Kier alpha value is -4.96. The minimum atomic E-state index is -0.702. The maximum atomic E-state index is 13.4. The van der Waals surface area contributed by atoms with Crippen LogP contribution in [0.2, 0.25) is 0 Å². The highest BCUT2D eigenvalue weighted by Gasteiger charge is 2.15. The van der Waals surface area contributed by atoms with Crippen molar-refractivity contribution in [2.24, 2.45) is 5.10 Å². The minimum Gasteiger partial charge on any atom is -0.422 e. The number of para-hydroxylation sites is 1. The molecule has 0 aliphatic carbocycles. The lowest BCUT2D eigenvalue weighted by atomic mass is 10.2. The maximum absolute atomic E-state index is 13.4. The van der Waals surface area contributed by atoms with E-state index in [1.165, 1.54) is 35.2 Å². The van der Waals surface area contributed by atoms with Crippen molar-refractivity contribution in [2.75, 3.05) is 0 Å². The number of nitro groups is 1. The summed E-state index contributed by atoms with van der Waals surface area (Å²) in [5.41, 5.74) is 1.30. The number of nitrogens with zero attached hydrogens (tertiary/aromatic N) is 4. The van der Waals surface area contributed by atoms with Crippen molar-refractivity contribution in [2.45, 2.75) is 0 Å². The second-order valence-electron chi connectivity index (χ2n) is 8.06. The Labute approximate surface area is 223 Å². The van der Waals surface area contributed by atoms with Gasteiger partial charge < -0.3 is 4.74 Å². The molecule has 1 aromatic heterocycles. The summed E-state index contributed by atoms with van der Waals surface area (Å²) in [7, 11) is 0. The normalized spacial score (nSPS) is 11.1. The van der Waals surface area contributed by atoms with Crippen LogP contribution in [0, 0.1) is 10.1 Å². The SMILES string of the molecule is O=C(Oc1ccc(Br)cc1C=Nn1c(-c2ccccc2)nc2ccccc2c1=O)c1ccc([N+](=O)[O-])cc1. The molecule has 0 saturated heterocycles. The first-order valence-corrected chi connectivity index (χ1v) is 12.1. The molecule has 0 fully saturated rings. The maximum Gasteiger partial charge on any atom is 0.343 e. The van der Waals surface area contributed by atoms with Crippen molar-refractivity contribution in [1.29, 1.82) is 0 Å². The number of hydrogen-bond acceptors (Lipinski definition) is 7. The lowest BCUT2D eigenvalue weighted by Gasteiger charge is -2.10. The summed E-state index contributed by atoms with van der Waals surface area (Å²) in [6.45, 7) is 0. The number of carbonyl (C=O) groups is 1. The zero-order chi connectivity index (χ0) is 26.6. The highest BCUT2D eigenvalue weighted by Crippen LogP contribution is 2.24. The number of hydrogen-bond donors (Lipinski definition) is 0. The highest BCUT2D eigenvalue weighted by molar-refractivity contribution is 9.10. The zero-order valence-electron chi connectivity index (χ0n) is 19.5. The molecular formula is C28H17BrN4O5. The fraction of sp³-hybridized carbons (Fsp3) is 0. The number of aromatic nitrogens is 2. The molecule has 0 radical (unpaired) electrons. The molecule has 0 saturated carbocycles. The van der Waals surface area contributed by atoms with Gasteiger partial charge in [0, 0.05) is 27.7 Å². The molecule has 1 heterocycles. The molecule has 0 N–H and O–H groups in total. The van der Waals surface area contributed by atoms with Gasteiger partial charge in [0.05, 0.1) is 27.6 Å². The molecule has 4 aromatic carbocycles. The van der Waals surface area contributed by atoms with E-state index in [-0.39, 0.29) is 22.6 Å².